The quantitative estimate of drug-likeness (QED) is 0.892. The number of aryl methyl sites for hydroxylation is 1. The number of rotatable bonds is 5. The van der Waals surface area contributed by atoms with Crippen molar-refractivity contribution in [2.75, 3.05) is 26.7 Å². The van der Waals surface area contributed by atoms with Gasteiger partial charge in [-0.2, -0.15) is 0 Å². The molecule has 0 saturated carbocycles. The number of hydrogen-bond donors (Lipinski definition) is 1. The number of nitrogens with zero attached hydrogens (tertiary/aromatic N) is 1. The molecule has 0 aliphatic carbocycles. The first-order chi connectivity index (χ1) is 9.97. The molecule has 1 atom stereocenters. The van der Waals surface area contributed by atoms with Gasteiger partial charge in [0.2, 0.25) is 0 Å². The third kappa shape index (κ3) is 4.48. The first-order valence-electron chi connectivity index (χ1n) is 7.85. The highest BCUT2D eigenvalue weighted by atomic mass is 19.1. The zero-order chi connectivity index (χ0) is 15.4. The number of piperidine rings is 1. The summed E-state index contributed by atoms with van der Waals surface area (Å²) in [6.45, 7) is 6.66. The third-order valence-electron chi connectivity index (χ3n) is 4.59. The minimum atomic E-state index is -0.338. The van der Waals surface area contributed by atoms with E-state index in [-0.39, 0.29) is 17.7 Å². The van der Waals surface area contributed by atoms with E-state index in [1.807, 2.05) is 6.92 Å². The van der Waals surface area contributed by atoms with E-state index in [1.54, 1.807) is 6.92 Å². The molecule has 1 aliphatic heterocycles. The van der Waals surface area contributed by atoms with Gasteiger partial charge >= 0.3 is 0 Å². The summed E-state index contributed by atoms with van der Waals surface area (Å²) in [5.41, 5.74) is 0.774. The van der Waals surface area contributed by atoms with Gasteiger partial charge in [0, 0.05) is 11.6 Å². The third-order valence-corrected chi connectivity index (χ3v) is 4.59. The smallest absolute Gasteiger partial charge is 0.128 e. The van der Waals surface area contributed by atoms with Gasteiger partial charge in [0.1, 0.15) is 11.6 Å². The zero-order valence-corrected chi connectivity index (χ0v) is 13.3. The van der Waals surface area contributed by atoms with E-state index in [0.717, 1.165) is 32.0 Å². The zero-order valence-electron chi connectivity index (χ0n) is 13.3. The average Bonchev–Trinajstić information content (AvgIpc) is 2.45. The maximum absolute atomic E-state index is 13.9. The maximum atomic E-state index is 13.9. The topological polar surface area (TPSA) is 15.3 Å². The van der Waals surface area contributed by atoms with Gasteiger partial charge in [-0.3, -0.25) is 0 Å². The number of likely N-dealkylation sites (tertiary alicyclic amines) is 1. The molecule has 1 unspecified atom stereocenters. The van der Waals surface area contributed by atoms with Crippen LogP contribution in [0.4, 0.5) is 8.78 Å². The Morgan fingerprint density at radius 3 is 2.57 bits per heavy atom. The molecule has 1 aromatic carbocycles. The highest BCUT2D eigenvalue weighted by Gasteiger charge is 2.17. The van der Waals surface area contributed by atoms with E-state index < -0.39 is 0 Å². The van der Waals surface area contributed by atoms with Crippen molar-refractivity contribution in [3.8, 4) is 0 Å². The van der Waals surface area contributed by atoms with E-state index >= 15 is 0 Å². The van der Waals surface area contributed by atoms with Crippen molar-refractivity contribution in [1.82, 2.24) is 10.2 Å². The fraction of sp³-hybridized carbons (Fsp3) is 0.647. The predicted molar refractivity (Wildman–Crippen MR) is 82.4 cm³/mol. The molecule has 0 radical (unpaired) electrons. The van der Waals surface area contributed by atoms with Crippen LogP contribution in [-0.2, 0) is 0 Å². The summed E-state index contributed by atoms with van der Waals surface area (Å²) in [5.74, 6) is 0.0871. The van der Waals surface area contributed by atoms with Crippen molar-refractivity contribution in [1.29, 1.82) is 0 Å². The lowest BCUT2D eigenvalue weighted by Gasteiger charge is -2.29. The molecule has 0 amide bonds. The van der Waals surface area contributed by atoms with Gasteiger partial charge in [-0.15, -0.1) is 0 Å². The van der Waals surface area contributed by atoms with Gasteiger partial charge < -0.3 is 10.2 Å². The molecule has 0 bridgehead atoms. The first-order valence-corrected chi connectivity index (χ1v) is 7.85. The monoisotopic (exact) mass is 296 g/mol. The summed E-state index contributed by atoms with van der Waals surface area (Å²) >= 11 is 0. The Bertz CT molecular complexity index is 468. The van der Waals surface area contributed by atoms with Crippen molar-refractivity contribution in [3.05, 3.63) is 34.9 Å². The summed E-state index contributed by atoms with van der Waals surface area (Å²) in [5, 5.41) is 3.32. The lowest BCUT2D eigenvalue weighted by molar-refractivity contribution is 0.210. The van der Waals surface area contributed by atoms with E-state index in [2.05, 4.69) is 17.3 Å². The van der Waals surface area contributed by atoms with Crippen LogP contribution in [0, 0.1) is 24.5 Å². The van der Waals surface area contributed by atoms with Crippen LogP contribution in [0.1, 0.15) is 43.4 Å². The predicted octanol–water partition coefficient (Wildman–Crippen LogP) is 3.66. The minimum absolute atomic E-state index is 0.161. The molecule has 1 N–H and O–H groups in total. The Labute approximate surface area is 126 Å². The molecule has 1 aromatic rings. The van der Waals surface area contributed by atoms with Crippen molar-refractivity contribution in [2.24, 2.45) is 5.92 Å². The largest absolute Gasteiger partial charge is 0.310 e. The van der Waals surface area contributed by atoms with Crippen molar-refractivity contribution >= 4 is 0 Å². The van der Waals surface area contributed by atoms with E-state index in [0.29, 0.717) is 11.1 Å². The number of benzene rings is 1. The number of nitrogens with one attached hydrogen (secondary N) is 1. The molecule has 4 heteroatoms. The molecular formula is C17H26F2N2. The van der Waals surface area contributed by atoms with Crippen LogP contribution in [0.15, 0.2) is 12.1 Å². The fourth-order valence-electron chi connectivity index (χ4n) is 2.96. The van der Waals surface area contributed by atoms with Gasteiger partial charge in [0.15, 0.2) is 0 Å². The number of hydrogen-bond acceptors (Lipinski definition) is 2. The highest BCUT2D eigenvalue weighted by molar-refractivity contribution is 5.27. The van der Waals surface area contributed by atoms with Crippen LogP contribution in [0.25, 0.3) is 0 Å². The van der Waals surface area contributed by atoms with Crippen LogP contribution >= 0.6 is 0 Å². The molecule has 21 heavy (non-hydrogen) atoms. The lowest BCUT2D eigenvalue weighted by Crippen LogP contribution is -2.32. The van der Waals surface area contributed by atoms with Gasteiger partial charge in [-0.1, -0.05) is 0 Å². The molecule has 1 aliphatic rings. The van der Waals surface area contributed by atoms with Crippen molar-refractivity contribution in [3.63, 3.8) is 0 Å². The maximum Gasteiger partial charge on any atom is 0.128 e. The second kappa shape index (κ2) is 7.32. The molecule has 1 fully saturated rings. The molecule has 2 nitrogen and oxygen atoms in total. The normalized spacial score (nSPS) is 18.9. The Morgan fingerprint density at radius 1 is 1.24 bits per heavy atom. The average molecular weight is 296 g/mol. The van der Waals surface area contributed by atoms with Crippen molar-refractivity contribution in [2.45, 2.75) is 39.2 Å². The van der Waals surface area contributed by atoms with Crippen LogP contribution in [0.5, 0.6) is 0 Å². The Morgan fingerprint density at radius 2 is 1.90 bits per heavy atom. The van der Waals surface area contributed by atoms with Crippen LogP contribution in [0.3, 0.4) is 0 Å². The molecule has 0 spiro atoms. The number of halogens is 2. The summed E-state index contributed by atoms with van der Waals surface area (Å²) in [6, 6.07) is 2.43. The van der Waals surface area contributed by atoms with Gasteiger partial charge in [-0.05, 0) is 83.4 Å². The van der Waals surface area contributed by atoms with Gasteiger partial charge in [0.05, 0.1) is 0 Å². The van der Waals surface area contributed by atoms with Gasteiger partial charge in [0.25, 0.3) is 0 Å². The van der Waals surface area contributed by atoms with Gasteiger partial charge in [-0.25, -0.2) is 8.78 Å². The highest BCUT2D eigenvalue weighted by Crippen LogP contribution is 2.22. The Hall–Kier alpha value is -1.00. The van der Waals surface area contributed by atoms with Crippen LogP contribution in [0.2, 0.25) is 0 Å². The first kappa shape index (κ1) is 16.4. The second-order valence-electron chi connectivity index (χ2n) is 6.33. The molecule has 118 valence electrons. The summed E-state index contributed by atoms with van der Waals surface area (Å²) in [6.07, 6.45) is 3.58. The molecular weight excluding hydrogens is 270 g/mol. The van der Waals surface area contributed by atoms with Crippen LogP contribution in [-0.4, -0.2) is 31.6 Å². The van der Waals surface area contributed by atoms with Crippen LogP contribution < -0.4 is 5.32 Å². The standard InChI is InChI=1S/C17H26F2N2/c1-12-10-17(19)15(11-16(12)18)13(2)20-7-4-14-5-8-21(3)9-6-14/h10-11,13-14,20H,4-9H2,1-3H3. The Balaban J connectivity index is 1.82. The molecule has 0 aromatic heterocycles. The minimum Gasteiger partial charge on any atom is -0.310 e. The lowest BCUT2D eigenvalue weighted by atomic mass is 9.93. The molecule has 2 rings (SSSR count). The summed E-state index contributed by atoms with van der Waals surface area (Å²) in [4.78, 5) is 2.36. The molecule has 1 heterocycles. The van der Waals surface area contributed by atoms with E-state index in [4.69, 9.17) is 0 Å². The summed E-state index contributed by atoms with van der Waals surface area (Å²) in [7, 11) is 2.16. The Kier molecular flexibility index (Phi) is 5.71. The van der Waals surface area contributed by atoms with Crippen molar-refractivity contribution < 1.29 is 8.78 Å². The summed E-state index contributed by atoms with van der Waals surface area (Å²) < 4.78 is 27.5. The fourth-order valence-corrected chi connectivity index (χ4v) is 2.96. The SMILES string of the molecule is Cc1cc(F)c(C(C)NCCC2CCN(C)CC2)cc1F. The van der Waals surface area contributed by atoms with E-state index in [1.165, 1.54) is 25.0 Å². The van der Waals surface area contributed by atoms with E-state index in [9.17, 15) is 8.78 Å². The molecule has 1 saturated heterocycles. The second-order valence-corrected chi connectivity index (χ2v) is 6.33.